The molecule has 2 rings (SSSR count). The van der Waals surface area contributed by atoms with Gasteiger partial charge in [0.2, 0.25) is 0 Å². The maximum atomic E-state index is 8.95. The van der Waals surface area contributed by atoms with E-state index in [1.165, 1.54) is 0 Å². The fourth-order valence-corrected chi connectivity index (χ4v) is 1.67. The molecule has 1 aliphatic rings. The highest BCUT2D eigenvalue weighted by Crippen LogP contribution is 2.32. The predicted octanol–water partition coefficient (Wildman–Crippen LogP) is 1.63. The topological polar surface area (TPSA) is 54.3 Å². The van der Waals surface area contributed by atoms with Crippen LogP contribution in [-0.2, 0) is 0 Å². The molecule has 0 amide bonds. The van der Waals surface area contributed by atoms with Crippen LogP contribution >= 0.6 is 0 Å². The van der Waals surface area contributed by atoms with Gasteiger partial charge in [-0.25, -0.2) is 0 Å². The molecule has 0 fully saturated rings. The summed E-state index contributed by atoms with van der Waals surface area (Å²) in [5, 5.41) is 11.9. The summed E-state index contributed by atoms with van der Waals surface area (Å²) in [6.07, 6.45) is 0.887. The number of nitrogens with zero attached hydrogens (tertiary/aromatic N) is 1. The summed E-state index contributed by atoms with van der Waals surface area (Å²) in [6.45, 7) is 1.34. The van der Waals surface area contributed by atoms with Crippen LogP contribution in [0.1, 0.15) is 18.0 Å². The molecule has 1 aromatic carbocycles. The van der Waals surface area contributed by atoms with Crippen molar-refractivity contribution in [2.45, 2.75) is 12.5 Å². The third kappa shape index (κ3) is 2.10. The van der Waals surface area contributed by atoms with E-state index in [1.54, 1.807) is 7.05 Å². The van der Waals surface area contributed by atoms with Crippen molar-refractivity contribution in [1.29, 1.82) is 5.26 Å². The average molecular weight is 218 g/mol. The number of hydrogen-bond acceptors (Lipinski definition) is 4. The normalized spacial score (nSPS) is 16.0. The molecule has 0 aliphatic carbocycles. The Morgan fingerprint density at radius 3 is 2.75 bits per heavy atom. The number of nitrogens with one attached hydrogen (secondary N) is 1. The van der Waals surface area contributed by atoms with Crippen LogP contribution in [0, 0.1) is 11.3 Å². The summed E-state index contributed by atoms with van der Waals surface area (Å²) < 4.78 is 11.1. The first-order chi connectivity index (χ1) is 7.85. The number of hydrogen-bond donors (Lipinski definition) is 1. The number of benzene rings is 1. The van der Waals surface area contributed by atoms with E-state index in [2.05, 4.69) is 11.4 Å². The van der Waals surface area contributed by atoms with E-state index in [0.717, 1.165) is 23.5 Å². The van der Waals surface area contributed by atoms with Gasteiger partial charge in [-0.15, -0.1) is 0 Å². The SMILES string of the molecule is CNC(C#N)c1ccc2c(c1)OCCCO2. The van der Waals surface area contributed by atoms with Gasteiger partial charge in [0.25, 0.3) is 0 Å². The van der Waals surface area contributed by atoms with Gasteiger partial charge < -0.3 is 14.8 Å². The lowest BCUT2D eigenvalue weighted by Gasteiger charge is -2.12. The summed E-state index contributed by atoms with van der Waals surface area (Å²) in [4.78, 5) is 0. The Morgan fingerprint density at radius 2 is 2.06 bits per heavy atom. The van der Waals surface area contributed by atoms with Crippen molar-refractivity contribution >= 4 is 0 Å². The summed E-state index contributed by atoms with van der Waals surface area (Å²) >= 11 is 0. The summed E-state index contributed by atoms with van der Waals surface area (Å²) in [5.74, 6) is 1.49. The zero-order valence-electron chi connectivity index (χ0n) is 9.19. The molecule has 84 valence electrons. The molecule has 1 unspecified atom stereocenters. The van der Waals surface area contributed by atoms with Crippen LogP contribution in [0.4, 0.5) is 0 Å². The van der Waals surface area contributed by atoms with Gasteiger partial charge in [0.15, 0.2) is 11.5 Å². The second-order valence-corrected chi connectivity index (χ2v) is 3.61. The molecule has 1 aromatic rings. The van der Waals surface area contributed by atoms with Crippen LogP contribution in [0.5, 0.6) is 11.5 Å². The second kappa shape index (κ2) is 4.86. The molecule has 1 aliphatic heterocycles. The lowest BCUT2D eigenvalue weighted by molar-refractivity contribution is 0.297. The summed E-state index contributed by atoms with van der Waals surface area (Å²) in [6, 6.07) is 7.49. The van der Waals surface area contributed by atoms with Crippen molar-refractivity contribution in [3.05, 3.63) is 23.8 Å². The fraction of sp³-hybridized carbons (Fsp3) is 0.417. The Balaban J connectivity index is 2.31. The minimum atomic E-state index is -0.308. The Bertz CT molecular complexity index is 412. The molecule has 0 aromatic heterocycles. The maximum Gasteiger partial charge on any atom is 0.161 e. The minimum Gasteiger partial charge on any atom is -0.490 e. The van der Waals surface area contributed by atoms with E-state index in [-0.39, 0.29) is 6.04 Å². The molecule has 0 saturated carbocycles. The van der Waals surface area contributed by atoms with Crippen molar-refractivity contribution < 1.29 is 9.47 Å². The van der Waals surface area contributed by atoms with Crippen LogP contribution in [0.3, 0.4) is 0 Å². The van der Waals surface area contributed by atoms with Crippen molar-refractivity contribution in [3.8, 4) is 17.6 Å². The summed E-state index contributed by atoms with van der Waals surface area (Å²) in [5.41, 5.74) is 0.897. The first-order valence-corrected chi connectivity index (χ1v) is 5.31. The standard InChI is InChI=1S/C12H14N2O2/c1-14-10(8-13)9-3-4-11-12(7-9)16-6-2-5-15-11/h3-4,7,10,14H,2,5-6H2,1H3. The molecule has 4 heteroatoms. The van der Waals surface area contributed by atoms with Gasteiger partial charge in [0, 0.05) is 6.42 Å². The molecule has 1 atom stereocenters. The number of fused-ring (bicyclic) bond motifs is 1. The number of nitriles is 1. The molecule has 4 nitrogen and oxygen atoms in total. The molecule has 16 heavy (non-hydrogen) atoms. The zero-order valence-corrected chi connectivity index (χ0v) is 9.19. The van der Waals surface area contributed by atoms with Gasteiger partial charge in [-0.3, -0.25) is 0 Å². The van der Waals surface area contributed by atoms with Crippen molar-refractivity contribution in [2.24, 2.45) is 0 Å². The van der Waals surface area contributed by atoms with Gasteiger partial charge in [0.05, 0.1) is 19.3 Å². The van der Waals surface area contributed by atoms with E-state index < -0.39 is 0 Å². The monoisotopic (exact) mass is 218 g/mol. The van der Waals surface area contributed by atoms with Crippen LogP contribution in [0.25, 0.3) is 0 Å². The Labute approximate surface area is 94.8 Å². The van der Waals surface area contributed by atoms with Gasteiger partial charge >= 0.3 is 0 Å². The predicted molar refractivity (Wildman–Crippen MR) is 59.5 cm³/mol. The highest BCUT2D eigenvalue weighted by Gasteiger charge is 2.14. The lowest BCUT2D eigenvalue weighted by Crippen LogP contribution is -2.14. The van der Waals surface area contributed by atoms with E-state index >= 15 is 0 Å². The highest BCUT2D eigenvalue weighted by molar-refractivity contribution is 5.45. The smallest absolute Gasteiger partial charge is 0.161 e. The van der Waals surface area contributed by atoms with Gasteiger partial charge in [0.1, 0.15) is 6.04 Å². The first-order valence-electron chi connectivity index (χ1n) is 5.31. The number of rotatable bonds is 2. The quantitative estimate of drug-likeness (QED) is 0.819. The molecule has 0 radical (unpaired) electrons. The Kier molecular flexibility index (Phi) is 3.28. The van der Waals surface area contributed by atoms with Crippen molar-refractivity contribution in [3.63, 3.8) is 0 Å². The van der Waals surface area contributed by atoms with E-state index in [9.17, 15) is 0 Å². The van der Waals surface area contributed by atoms with Crippen LogP contribution in [-0.4, -0.2) is 20.3 Å². The molecular formula is C12H14N2O2. The molecule has 1 N–H and O–H groups in total. The van der Waals surface area contributed by atoms with Gasteiger partial charge in [-0.1, -0.05) is 6.07 Å². The van der Waals surface area contributed by atoms with E-state index in [1.807, 2.05) is 18.2 Å². The van der Waals surface area contributed by atoms with Crippen LogP contribution in [0.15, 0.2) is 18.2 Å². The molecular weight excluding hydrogens is 204 g/mol. The molecule has 1 heterocycles. The largest absolute Gasteiger partial charge is 0.490 e. The third-order valence-corrected chi connectivity index (χ3v) is 2.52. The second-order valence-electron chi connectivity index (χ2n) is 3.61. The van der Waals surface area contributed by atoms with Crippen molar-refractivity contribution in [2.75, 3.05) is 20.3 Å². The van der Waals surface area contributed by atoms with Gasteiger partial charge in [-0.2, -0.15) is 5.26 Å². The van der Waals surface area contributed by atoms with E-state index in [0.29, 0.717) is 13.2 Å². The first kappa shape index (κ1) is 10.8. The maximum absolute atomic E-state index is 8.95. The molecule has 0 bridgehead atoms. The lowest BCUT2D eigenvalue weighted by atomic mass is 10.1. The zero-order chi connectivity index (χ0) is 11.4. The van der Waals surface area contributed by atoms with E-state index in [4.69, 9.17) is 14.7 Å². The minimum absolute atomic E-state index is 0.308. The Morgan fingerprint density at radius 1 is 1.31 bits per heavy atom. The third-order valence-electron chi connectivity index (χ3n) is 2.52. The summed E-state index contributed by atoms with van der Waals surface area (Å²) in [7, 11) is 1.76. The molecule has 0 spiro atoms. The van der Waals surface area contributed by atoms with Crippen LogP contribution in [0.2, 0.25) is 0 Å². The average Bonchev–Trinajstić information content (AvgIpc) is 2.55. The Hall–Kier alpha value is -1.73. The number of ether oxygens (including phenoxy) is 2. The fourth-order valence-electron chi connectivity index (χ4n) is 1.67. The highest BCUT2D eigenvalue weighted by atomic mass is 16.5. The molecule has 0 saturated heterocycles. The van der Waals surface area contributed by atoms with Crippen molar-refractivity contribution in [1.82, 2.24) is 5.32 Å². The van der Waals surface area contributed by atoms with Crippen LogP contribution < -0.4 is 14.8 Å². The van der Waals surface area contributed by atoms with Gasteiger partial charge in [-0.05, 0) is 24.7 Å².